The topological polar surface area (TPSA) is 156 Å². The first-order valence-corrected chi connectivity index (χ1v) is 6.91. The highest BCUT2D eigenvalue weighted by molar-refractivity contribution is 7.89. The maximum absolute atomic E-state index is 11.4. The number of amides is 1. The largest absolute Gasteiger partial charge is 0.491 e. The van der Waals surface area contributed by atoms with Crippen molar-refractivity contribution < 1.29 is 22.9 Å². The molecule has 10 heteroatoms. The number of carbonyl (C=O) groups is 1. The second kappa shape index (κ2) is 5.84. The smallest absolute Gasteiger partial charge is 0.271 e. The van der Waals surface area contributed by atoms with Gasteiger partial charge in [-0.05, 0) is 6.07 Å². The second-order valence-electron chi connectivity index (χ2n) is 4.05. The molecule has 0 heterocycles. The van der Waals surface area contributed by atoms with Crippen LogP contribution >= 0.6 is 0 Å². The summed E-state index contributed by atoms with van der Waals surface area (Å²) in [7, 11) is -4.20. The number of ether oxygens (including phenoxy) is 1. The van der Waals surface area contributed by atoms with Gasteiger partial charge in [0, 0.05) is 12.1 Å². The molecule has 0 aromatic heterocycles. The van der Waals surface area contributed by atoms with E-state index in [-0.39, 0.29) is 12.4 Å². The van der Waals surface area contributed by atoms with Gasteiger partial charge in [0.2, 0.25) is 15.9 Å². The summed E-state index contributed by atoms with van der Waals surface area (Å²) in [6, 6.07) is 2.96. The number of hydrogen-bond acceptors (Lipinski definition) is 6. The first-order valence-electron chi connectivity index (χ1n) is 5.36. The lowest BCUT2D eigenvalue weighted by Gasteiger charge is -2.12. The number of nitrogens with zero attached hydrogens (tertiary/aromatic N) is 1. The predicted molar refractivity (Wildman–Crippen MR) is 68.3 cm³/mol. The van der Waals surface area contributed by atoms with Crippen LogP contribution in [0.15, 0.2) is 23.1 Å². The first-order chi connectivity index (χ1) is 9.12. The zero-order valence-corrected chi connectivity index (χ0v) is 11.3. The minimum atomic E-state index is -4.20. The molecule has 1 unspecified atom stereocenters. The molecule has 4 N–H and O–H groups in total. The summed E-state index contributed by atoms with van der Waals surface area (Å²) in [4.78, 5) is 20.2. The summed E-state index contributed by atoms with van der Waals surface area (Å²) in [5.41, 5.74) is 4.60. The van der Waals surface area contributed by atoms with Crippen LogP contribution in [0.5, 0.6) is 5.75 Å². The van der Waals surface area contributed by atoms with E-state index in [4.69, 9.17) is 15.6 Å². The van der Waals surface area contributed by atoms with Crippen LogP contribution in [0.4, 0.5) is 5.69 Å². The Balaban J connectivity index is 3.13. The van der Waals surface area contributed by atoms with Crippen molar-refractivity contribution in [2.24, 2.45) is 16.8 Å². The standard InChI is InChI=1S/C10H13N3O6S/c1-6(10(11)14)5-19-8-3-2-7(13(15)16)4-9(8)20(12,17)18/h2-4,6H,5H2,1H3,(H2,11,14)(H2,12,17,18). The molecule has 9 nitrogen and oxygen atoms in total. The number of primary amides is 1. The Morgan fingerprint density at radius 3 is 2.55 bits per heavy atom. The molecular formula is C10H13N3O6S. The summed E-state index contributed by atoms with van der Waals surface area (Å²) >= 11 is 0. The third kappa shape index (κ3) is 3.90. The minimum absolute atomic E-state index is 0.171. The summed E-state index contributed by atoms with van der Waals surface area (Å²) in [5, 5.41) is 15.6. The molecule has 0 spiro atoms. The Kier molecular flexibility index (Phi) is 4.63. The minimum Gasteiger partial charge on any atom is -0.491 e. The van der Waals surface area contributed by atoms with Crippen molar-refractivity contribution in [2.45, 2.75) is 11.8 Å². The van der Waals surface area contributed by atoms with Crippen molar-refractivity contribution in [1.82, 2.24) is 0 Å². The summed E-state index contributed by atoms with van der Waals surface area (Å²) in [6.07, 6.45) is 0. The molecule has 1 amide bonds. The van der Waals surface area contributed by atoms with Crippen LogP contribution in [0.3, 0.4) is 0 Å². The van der Waals surface area contributed by atoms with Crippen molar-refractivity contribution in [2.75, 3.05) is 6.61 Å². The highest BCUT2D eigenvalue weighted by atomic mass is 32.2. The monoisotopic (exact) mass is 303 g/mol. The van der Waals surface area contributed by atoms with E-state index in [9.17, 15) is 23.3 Å². The van der Waals surface area contributed by atoms with E-state index in [0.29, 0.717) is 0 Å². The lowest BCUT2D eigenvalue weighted by Crippen LogP contribution is -2.26. The summed E-state index contributed by atoms with van der Waals surface area (Å²) < 4.78 is 27.9. The van der Waals surface area contributed by atoms with Crippen molar-refractivity contribution >= 4 is 21.6 Å². The number of hydrogen-bond donors (Lipinski definition) is 2. The number of non-ortho nitro benzene ring substituents is 1. The zero-order valence-electron chi connectivity index (χ0n) is 10.5. The van der Waals surface area contributed by atoms with Gasteiger partial charge in [-0.15, -0.1) is 0 Å². The molecule has 1 aromatic rings. The molecule has 0 aliphatic rings. The number of benzene rings is 1. The molecule has 20 heavy (non-hydrogen) atoms. The van der Waals surface area contributed by atoms with Crippen LogP contribution < -0.4 is 15.6 Å². The SMILES string of the molecule is CC(COc1ccc([N+](=O)[O-])cc1S(N)(=O)=O)C(N)=O. The Morgan fingerprint density at radius 1 is 1.50 bits per heavy atom. The van der Waals surface area contributed by atoms with E-state index in [0.717, 1.165) is 18.2 Å². The van der Waals surface area contributed by atoms with Gasteiger partial charge < -0.3 is 10.5 Å². The molecule has 0 radical (unpaired) electrons. The number of primary sulfonamides is 1. The third-order valence-corrected chi connectivity index (χ3v) is 3.35. The molecule has 1 atom stereocenters. The number of nitro benzene ring substituents is 1. The predicted octanol–water partition coefficient (Wildman–Crippen LogP) is -0.258. The average molecular weight is 303 g/mol. The van der Waals surface area contributed by atoms with E-state index in [2.05, 4.69) is 0 Å². The number of carbonyl (C=O) groups excluding carboxylic acids is 1. The molecule has 0 aliphatic heterocycles. The van der Waals surface area contributed by atoms with Gasteiger partial charge in [-0.3, -0.25) is 14.9 Å². The number of rotatable bonds is 6. The van der Waals surface area contributed by atoms with Gasteiger partial charge in [0.1, 0.15) is 10.6 Å². The molecule has 1 rings (SSSR count). The number of nitrogens with two attached hydrogens (primary N) is 2. The van der Waals surface area contributed by atoms with Gasteiger partial charge in [-0.1, -0.05) is 6.92 Å². The van der Waals surface area contributed by atoms with Crippen molar-refractivity contribution in [3.63, 3.8) is 0 Å². The second-order valence-corrected chi connectivity index (χ2v) is 5.58. The van der Waals surface area contributed by atoms with E-state index in [1.165, 1.54) is 6.92 Å². The lowest BCUT2D eigenvalue weighted by molar-refractivity contribution is -0.385. The lowest BCUT2D eigenvalue weighted by atomic mass is 10.2. The molecule has 110 valence electrons. The van der Waals surface area contributed by atoms with Crippen molar-refractivity contribution in [1.29, 1.82) is 0 Å². The third-order valence-electron chi connectivity index (χ3n) is 2.42. The van der Waals surface area contributed by atoms with E-state index < -0.39 is 37.4 Å². The van der Waals surface area contributed by atoms with Gasteiger partial charge >= 0.3 is 0 Å². The zero-order chi connectivity index (χ0) is 15.5. The Bertz CT molecular complexity index is 642. The molecular weight excluding hydrogens is 290 g/mol. The van der Waals surface area contributed by atoms with E-state index in [1.54, 1.807) is 0 Å². The highest BCUT2D eigenvalue weighted by Gasteiger charge is 2.21. The van der Waals surface area contributed by atoms with Crippen LogP contribution in [-0.2, 0) is 14.8 Å². The molecule has 0 bridgehead atoms. The highest BCUT2D eigenvalue weighted by Crippen LogP contribution is 2.27. The van der Waals surface area contributed by atoms with Crippen LogP contribution in [0.1, 0.15) is 6.92 Å². The molecule has 0 fully saturated rings. The number of sulfonamides is 1. The normalized spacial score (nSPS) is 12.7. The molecule has 0 saturated heterocycles. The van der Waals surface area contributed by atoms with E-state index in [1.807, 2.05) is 0 Å². The molecule has 0 saturated carbocycles. The maximum Gasteiger partial charge on any atom is 0.271 e. The Morgan fingerprint density at radius 2 is 2.10 bits per heavy atom. The van der Waals surface area contributed by atoms with Gasteiger partial charge in [-0.25, -0.2) is 13.6 Å². The molecule has 0 aliphatic carbocycles. The van der Waals surface area contributed by atoms with Crippen LogP contribution in [0.2, 0.25) is 0 Å². The average Bonchev–Trinajstić information content (AvgIpc) is 2.34. The van der Waals surface area contributed by atoms with Crippen LogP contribution in [-0.4, -0.2) is 25.9 Å². The fraction of sp³-hybridized carbons (Fsp3) is 0.300. The van der Waals surface area contributed by atoms with E-state index >= 15 is 0 Å². The molecule has 1 aromatic carbocycles. The Labute approximate surface area is 114 Å². The summed E-state index contributed by atoms with van der Waals surface area (Å²) in [5.74, 6) is -1.45. The maximum atomic E-state index is 11.4. The van der Waals surface area contributed by atoms with Gasteiger partial charge in [0.15, 0.2) is 0 Å². The van der Waals surface area contributed by atoms with Crippen LogP contribution in [0, 0.1) is 16.0 Å². The summed E-state index contributed by atoms with van der Waals surface area (Å²) in [6.45, 7) is 1.32. The Hall–Kier alpha value is -2.20. The fourth-order valence-electron chi connectivity index (χ4n) is 1.25. The van der Waals surface area contributed by atoms with Crippen LogP contribution in [0.25, 0.3) is 0 Å². The number of nitro groups is 1. The van der Waals surface area contributed by atoms with Crippen molar-refractivity contribution in [3.05, 3.63) is 28.3 Å². The van der Waals surface area contributed by atoms with Gasteiger partial charge in [0.25, 0.3) is 5.69 Å². The van der Waals surface area contributed by atoms with Gasteiger partial charge in [0.05, 0.1) is 17.4 Å². The van der Waals surface area contributed by atoms with Crippen molar-refractivity contribution in [3.8, 4) is 5.75 Å². The van der Waals surface area contributed by atoms with Gasteiger partial charge in [-0.2, -0.15) is 0 Å². The fourth-order valence-corrected chi connectivity index (χ4v) is 1.94. The quantitative estimate of drug-likeness (QED) is 0.544. The first kappa shape index (κ1) is 15.9.